The average Bonchev–Trinajstić information content (AvgIpc) is 2.14. The van der Waals surface area contributed by atoms with Gasteiger partial charge in [-0.1, -0.05) is 0 Å². The summed E-state index contributed by atoms with van der Waals surface area (Å²) in [6.45, 7) is 0. The van der Waals surface area contributed by atoms with Gasteiger partial charge in [-0.05, 0) is 25.2 Å². The van der Waals surface area contributed by atoms with Crippen LogP contribution in [0.1, 0.15) is 25.7 Å². The molecule has 54 valence electrons. The first kappa shape index (κ1) is 6.18. The van der Waals surface area contributed by atoms with Crippen molar-refractivity contribution in [2.75, 3.05) is 0 Å². The molecule has 2 heteroatoms. The first-order chi connectivity index (χ1) is 4.90. The fourth-order valence-electron chi connectivity index (χ4n) is 2.06. The summed E-state index contributed by atoms with van der Waals surface area (Å²) in [7, 11) is 0. The van der Waals surface area contributed by atoms with Gasteiger partial charge in [0.15, 0.2) is 0 Å². The zero-order valence-electron chi connectivity index (χ0n) is 6.01. The number of nitrogens with zero attached hydrogens (tertiary/aromatic N) is 1. The van der Waals surface area contributed by atoms with E-state index in [0.29, 0.717) is 12.5 Å². The van der Waals surface area contributed by atoms with Crippen molar-refractivity contribution in [1.82, 2.24) is 5.32 Å². The van der Waals surface area contributed by atoms with Gasteiger partial charge in [0.1, 0.15) is 0 Å². The summed E-state index contributed by atoms with van der Waals surface area (Å²) in [6.07, 6.45) is 4.68. The Balaban J connectivity index is 1.88. The Labute approximate surface area is 61.2 Å². The summed E-state index contributed by atoms with van der Waals surface area (Å²) in [5, 5.41) is 11.9. The molecule has 3 atom stereocenters. The maximum atomic E-state index is 8.43. The molecule has 0 spiro atoms. The molecular formula is C8H12N2. The molecule has 10 heavy (non-hydrogen) atoms. The molecule has 1 N–H and O–H groups in total. The molecule has 1 saturated heterocycles. The van der Waals surface area contributed by atoms with Crippen LogP contribution in [0.25, 0.3) is 0 Å². The van der Waals surface area contributed by atoms with Gasteiger partial charge in [-0.25, -0.2) is 0 Å². The second kappa shape index (κ2) is 2.25. The van der Waals surface area contributed by atoms with Crippen molar-refractivity contribution in [2.24, 2.45) is 5.92 Å². The Morgan fingerprint density at radius 2 is 2.40 bits per heavy atom. The third-order valence-electron chi connectivity index (χ3n) is 2.79. The molecule has 0 aromatic carbocycles. The Kier molecular flexibility index (Phi) is 1.39. The lowest BCUT2D eigenvalue weighted by Gasteiger charge is -2.29. The number of fused-ring (bicyclic) bond motifs is 1. The molecule has 0 amide bonds. The monoisotopic (exact) mass is 136 g/mol. The van der Waals surface area contributed by atoms with Gasteiger partial charge in [-0.2, -0.15) is 5.26 Å². The first-order valence-corrected chi connectivity index (χ1v) is 4.03. The van der Waals surface area contributed by atoms with Crippen molar-refractivity contribution in [3.05, 3.63) is 0 Å². The van der Waals surface area contributed by atoms with Crippen LogP contribution >= 0.6 is 0 Å². The first-order valence-electron chi connectivity index (χ1n) is 4.03. The van der Waals surface area contributed by atoms with Gasteiger partial charge < -0.3 is 5.32 Å². The highest BCUT2D eigenvalue weighted by Crippen LogP contribution is 2.37. The number of nitrogens with one attached hydrogen (secondary N) is 1. The zero-order chi connectivity index (χ0) is 6.97. The molecule has 1 aliphatic heterocycles. The van der Waals surface area contributed by atoms with E-state index in [4.69, 9.17) is 5.26 Å². The fraction of sp³-hybridized carbons (Fsp3) is 0.875. The molecule has 0 aromatic heterocycles. The molecule has 3 unspecified atom stereocenters. The second-order valence-corrected chi connectivity index (χ2v) is 3.41. The van der Waals surface area contributed by atoms with Crippen LogP contribution in [-0.2, 0) is 0 Å². The van der Waals surface area contributed by atoms with E-state index in [0.717, 1.165) is 12.0 Å². The van der Waals surface area contributed by atoms with Crippen LogP contribution in [0.5, 0.6) is 0 Å². The lowest BCUT2D eigenvalue weighted by Crippen LogP contribution is -2.37. The lowest BCUT2D eigenvalue weighted by atomic mass is 9.80. The van der Waals surface area contributed by atoms with Crippen LogP contribution in [0.3, 0.4) is 0 Å². The standard InChI is InChI=1S/C8H12N2/c9-4-3-7-5-6-1-2-8(6)10-7/h6-8,10H,1-3,5H2. The van der Waals surface area contributed by atoms with Gasteiger partial charge in [-0.15, -0.1) is 0 Å². The van der Waals surface area contributed by atoms with E-state index in [1.165, 1.54) is 19.3 Å². The van der Waals surface area contributed by atoms with E-state index >= 15 is 0 Å². The summed E-state index contributed by atoms with van der Waals surface area (Å²) < 4.78 is 0. The smallest absolute Gasteiger partial charge is 0.0638 e. The van der Waals surface area contributed by atoms with Gasteiger partial charge in [0.2, 0.25) is 0 Å². The summed E-state index contributed by atoms with van der Waals surface area (Å²) in [4.78, 5) is 0. The highest BCUT2D eigenvalue weighted by atomic mass is 15.0. The third-order valence-corrected chi connectivity index (χ3v) is 2.79. The Morgan fingerprint density at radius 1 is 1.50 bits per heavy atom. The quantitative estimate of drug-likeness (QED) is 0.584. The highest BCUT2D eigenvalue weighted by molar-refractivity contribution is 4.99. The van der Waals surface area contributed by atoms with E-state index in [1.54, 1.807) is 0 Å². The third kappa shape index (κ3) is 0.819. The van der Waals surface area contributed by atoms with Crippen LogP contribution in [-0.4, -0.2) is 12.1 Å². The highest BCUT2D eigenvalue weighted by Gasteiger charge is 2.39. The van der Waals surface area contributed by atoms with E-state index in [-0.39, 0.29) is 0 Å². The SMILES string of the molecule is N#CCC1CC2CCC2N1. The topological polar surface area (TPSA) is 35.8 Å². The Bertz CT molecular complexity index is 159. The molecule has 2 fully saturated rings. The Morgan fingerprint density at radius 3 is 2.80 bits per heavy atom. The number of hydrogen-bond acceptors (Lipinski definition) is 2. The van der Waals surface area contributed by atoms with Gasteiger partial charge in [-0.3, -0.25) is 0 Å². The second-order valence-electron chi connectivity index (χ2n) is 3.41. The van der Waals surface area contributed by atoms with Gasteiger partial charge in [0, 0.05) is 12.1 Å². The largest absolute Gasteiger partial charge is 0.310 e. The van der Waals surface area contributed by atoms with Gasteiger partial charge in [0.25, 0.3) is 0 Å². The number of hydrogen-bond donors (Lipinski definition) is 1. The molecule has 0 aromatic rings. The van der Waals surface area contributed by atoms with Crippen LogP contribution in [0.15, 0.2) is 0 Å². The predicted octanol–water partition coefficient (Wildman–Crippen LogP) is 1.04. The van der Waals surface area contributed by atoms with E-state index in [9.17, 15) is 0 Å². The number of nitriles is 1. The van der Waals surface area contributed by atoms with E-state index in [2.05, 4.69) is 11.4 Å². The minimum Gasteiger partial charge on any atom is -0.310 e. The number of rotatable bonds is 1. The summed E-state index contributed by atoms with van der Waals surface area (Å²) in [5.74, 6) is 0.915. The average molecular weight is 136 g/mol. The van der Waals surface area contributed by atoms with Crippen molar-refractivity contribution in [3.8, 4) is 6.07 Å². The predicted molar refractivity (Wildman–Crippen MR) is 38.3 cm³/mol. The van der Waals surface area contributed by atoms with E-state index < -0.39 is 0 Å². The van der Waals surface area contributed by atoms with Crippen molar-refractivity contribution in [3.63, 3.8) is 0 Å². The van der Waals surface area contributed by atoms with Crippen LogP contribution in [0.4, 0.5) is 0 Å². The van der Waals surface area contributed by atoms with E-state index in [1.807, 2.05) is 0 Å². The maximum Gasteiger partial charge on any atom is 0.0638 e. The molecule has 2 rings (SSSR count). The summed E-state index contributed by atoms with van der Waals surface area (Å²) in [6, 6.07) is 3.51. The normalized spacial score (nSPS) is 43.7. The molecule has 1 aliphatic carbocycles. The van der Waals surface area contributed by atoms with Crippen LogP contribution < -0.4 is 5.32 Å². The van der Waals surface area contributed by atoms with Crippen LogP contribution in [0.2, 0.25) is 0 Å². The zero-order valence-corrected chi connectivity index (χ0v) is 6.01. The summed E-state index contributed by atoms with van der Waals surface area (Å²) in [5.41, 5.74) is 0. The molecule has 1 saturated carbocycles. The minimum atomic E-state index is 0.516. The Hall–Kier alpha value is -0.550. The molecule has 2 nitrogen and oxygen atoms in total. The lowest BCUT2D eigenvalue weighted by molar-refractivity contribution is 0.276. The summed E-state index contributed by atoms with van der Waals surface area (Å²) >= 11 is 0. The van der Waals surface area contributed by atoms with Crippen molar-refractivity contribution in [2.45, 2.75) is 37.8 Å². The molecule has 2 aliphatic rings. The van der Waals surface area contributed by atoms with Gasteiger partial charge in [0.05, 0.1) is 12.5 Å². The fourth-order valence-corrected chi connectivity index (χ4v) is 2.06. The maximum absolute atomic E-state index is 8.43. The van der Waals surface area contributed by atoms with Crippen molar-refractivity contribution >= 4 is 0 Å². The molecule has 0 radical (unpaired) electrons. The molecule has 1 heterocycles. The van der Waals surface area contributed by atoms with Crippen LogP contribution in [0, 0.1) is 17.2 Å². The molecular weight excluding hydrogens is 124 g/mol. The van der Waals surface area contributed by atoms with Crippen molar-refractivity contribution < 1.29 is 0 Å². The van der Waals surface area contributed by atoms with Gasteiger partial charge >= 0.3 is 0 Å². The molecule has 0 bridgehead atoms. The minimum absolute atomic E-state index is 0.516. The van der Waals surface area contributed by atoms with Crippen molar-refractivity contribution in [1.29, 1.82) is 5.26 Å².